The molecular weight excluding hydrogens is 274 g/mol. The van der Waals surface area contributed by atoms with Crippen LogP contribution >= 0.6 is 0 Å². The molecule has 1 amide bonds. The second-order valence-electron chi connectivity index (χ2n) is 4.83. The van der Waals surface area contributed by atoms with Crippen LogP contribution in [0.4, 0.5) is 0 Å². The minimum atomic E-state index is -2.81. The maximum atomic E-state index is 11.7. The second-order valence-corrected chi connectivity index (χ2v) is 4.83. The van der Waals surface area contributed by atoms with Gasteiger partial charge in [0.15, 0.2) is 5.96 Å². The Labute approximate surface area is 130 Å². The lowest BCUT2D eigenvalue weighted by Crippen LogP contribution is -2.43. The quantitative estimate of drug-likeness (QED) is 0.260. The van der Waals surface area contributed by atoms with Crippen molar-refractivity contribution in [3.05, 3.63) is 0 Å². The van der Waals surface area contributed by atoms with Crippen molar-refractivity contribution < 1.29 is 23.9 Å². The lowest BCUT2D eigenvalue weighted by atomic mass is 10.1. The van der Waals surface area contributed by atoms with Crippen LogP contribution in [0.2, 0.25) is 0 Å². The number of carboxylic acid groups (broad SMARTS) is 1. The first kappa shape index (κ1) is 14.3. The lowest BCUT2D eigenvalue weighted by Gasteiger charge is -2.17. The minimum Gasteiger partial charge on any atom is -0.480 e. The molecule has 0 atom stereocenters. The summed E-state index contributed by atoms with van der Waals surface area (Å²) in [5.41, 5.74) is 0. The normalized spacial score (nSPS) is 12.9. The van der Waals surface area contributed by atoms with Crippen LogP contribution in [0.25, 0.3) is 0 Å². The van der Waals surface area contributed by atoms with E-state index in [1.807, 2.05) is 0 Å². The maximum absolute atomic E-state index is 11.7. The molecular formula is C14H27N3O4. The Hall–Kier alpha value is -1.63. The molecule has 0 spiro atoms. The lowest BCUT2D eigenvalue weighted by molar-refractivity contribution is -0.137. The predicted octanol–water partition coefficient (Wildman–Crippen LogP) is 1.17. The van der Waals surface area contributed by atoms with E-state index in [1.165, 1.54) is 0 Å². The van der Waals surface area contributed by atoms with Crippen molar-refractivity contribution in [3.8, 4) is 0 Å². The standard InChI is InChI=1S/C14H27N3O4/c1-17(11-13(20)21)14(15)16-12(19)9-7-5-3-2-4-6-8-10-18/h18H,2-11H2,1H3,(H,20,21)(H2,15,16,19)/i1D3. The number of nitrogens with zero attached hydrogens (tertiary/aromatic N) is 1. The van der Waals surface area contributed by atoms with Crippen LogP contribution in [-0.4, -0.2) is 53.1 Å². The summed E-state index contributed by atoms with van der Waals surface area (Å²) in [4.78, 5) is 22.7. The molecule has 0 unspecified atom stereocenters. The zero-order valence-corrected chi connectivity index (χ0v) is 12.2. The fourth-order valence-electron chi connectivity index (χ4n) is 1.76. The highest BCUT2D eigenvalue weighted by Gasteiger charge is 2.11. The van der Waals surface area contributed by atoms with E-state index in [0.717, 1.165) is 38.5 Å². The van der Waals surface area contributed by atoms with Gasteiger partial charge in [-0.05, 0) is 12.8 Å². The van der Waals surface area contributed by atoms with Gasteiger partial charge in [-0.3, -0.25) is 20.3 Å². The number of nitrogens with one attached hydrogen (secondary N) is 2. The third kappa shape index (κ3) is 11.9. The molecule has 0 radical (unpaired) electrons. The number of likely N-dealkylation sites (N-methyl/N-ethyl adjacent to an activating group) is 1. The van der Waals surface area contributed by atoms with Gasteiger partial charge in [0, 0.05) is 24.1 Å². The Morgan fingerprint density at radius 3 is 2.24 bits per heavy atom. The van der Waals surface area contributed by atoms with Gasteiger partial charge in [0.05, 0.1) is 0 Å². The van der Waals surface area contributed by atoms with E-state index in [9.17, 15) is 9.59 Å². The smallest absolute Gasteiger partial charge is 0.323 e. The molecule has 0 fully saturated rings. The van der Waals surface area contributed by atoms with E-state index in [2.05, 4.69) is 5.32 Å². The summed E-state index contributed by atoms with van der Waals surface area (Å²) >= 11 is 0. The van der Waals surface area contributed by atoms with Crippen LogP contribution in [0.3, 0.4) is 0 Å². The third-order valence-corrected chi connectivity index (χ3v) is 2.88. The maximum Gasteiger partial charge on any atom is 0.323 e. The average Bonchev–Trinajstić information content (AvgIpc) is 2.46. The molecule has 0 aliphatic rings. The van der Waals surface area contributed by atoms with E-state index in [1.54, 1.807) is 0 Å². The molecule has 7 heteroatoms. The highest BCUT2D eigenvalue weighted by Crippen LogP contribution is 2.08. The second kappa shape index (κ2) is 12.1. The molecule has 4 N–H and O–H groups in total. The van der Waals surface area contributed by atoms with Crippen molar-refractivity contribution in [2.24, 2.45) is 0 Å². The molecule has 0 heterocycles. The number of aliphatic carboxylic acids is 1. The monoisotopic (exact) mass is 304 g/mol. The molecule has 0 saturated carbocycles. The fraction of sp³-hybridized carbons (Fsp3) is 0.786. The summed E-state index contributed by atoms with van der Waals surface area (Å²) in [6, 6.07) is 0. The summed E-state index contributed by atoms with van der Waals surface area (Å²) in [7, 11) is 0. The molecule has 0 aromatic heterocycles. The Morgan fingerprint density at radius 1 is 1.14 bits per heavy atom. The van der Waals surface area contributed by atoms with Crippen molar-refractivity contribution >= 4 is 17.8 Å². The number of guanidine groups is 1. The van der Waals surface area contributed by atoms with Crippen molar-refractivity contribution in [2.75, 3.05) is 20.1 Å². The summed E-state index contributed by atoms with van der Waals surface area (Å²) in [6.07, 6.45) is 6.45. The zero-order chi connectivity index (χ0) is 18.6. The largest absolute Gasteiger partial charge is 0.480 e. The van der Waals surface area contributed by atoms with Gasteiger partial charge in [0.1, 0.15) is 6.54 Å². The molecule has 0 aromatic rings. The minimum absolute atomic E-state index is 0.154. The average molecular weight is 304 g/mol. The molecule has 21 heavy (non-hydrogen) atoms. The fourth-order valence-corrected chi connectivity index (χ4v) is 1.76. The molecule has 7 nitrogen and oxygen atoms in total. The number of aliphatic hydroxyl groups is 1. The number of amides is 1. The van der Waals surface area contributed by atoms with Crippen LogP contribution < -0.4 is 5.32 Å². The summed E-state index contributed by atoms with van der Waals surface area (Å²) in [5, 5.41) is 27.1. The van der Waals surface area contributed by atoms with Gasteiger partial charge in [-0.25, -0.2) is 0 Å². The van der Waals surface area contributed by atoms with E-state index < -0.39 is 31.4 Å². The number of hydrogen-bond acceptors (Lipinski definition) is 4. The van der Waals surface area contributed by atoms with Gasteiger partial charge >= 0.3 is 5.97 Å². The molecule has 0 saturated heterocycles. The summed E-state index contributed by atoms with van der Waals surface area (Å²) < 4.78 is 21.6. The van der Waals surface area contributed by atoms with Gasteiger partial charge in [-0.15, -0.1) is 0 Å². The van der Waals surface area contributed by atoms with Crippen molar-refractivity contribution in [1.82, 2.24) is 10.2 Å². The first-order valence-electron chi connectivity index (χ1n) is 8.67. The van der Waals surface area contributed by atoms with Gasteiger partial charge in [-0.2, -0.15) is 0 Å². The topological polar surface area (TPSA) is 114 Å². The Kier molecular flexibility index (Phi) is 8.27. The van der Waals surface area contributed by atoms with Crippen molar-refractivity contribution in [3.63, 3.8) is 0 Å². The molecule has 0 aliphatic heterocycles. The van der Waals surface area contributed by atoms with E-state index in [4.69, 9.17) is 19.7 Å². The van der Waals surface area contributed by atoms with Gasteiger partial charge in [0.2, 0.25) is 5.91 Å². The summed E-state index contributed by atoms with van der Waals surface area (Å²) in [6.45, 7) is -3.48. The van der Waals surface area contributed by atoms with E-state index in [0.29, 0.717) is 11.3 Å². The van der Waals surface area contributed by atoms with Crippen LogP contribution in [0.1, 0.15) is 55.5 Å². The third-order valence-electron chi connectivity index (χ3n) is 2.88. The number of rotatable bonds is 11. The molecule has 122 valence electrons. The van der Waals surface area contributed by atoms with Crippen LogP contribution in [0, 0.1) is 5.41 Å². The van der Waals surface area contributed by atoms with Crippen LogP contribution in [0.5, 0.6) is 0 Å². The molecule has 0 bridgehead atoms. The molecule has 0 aliphatic carbocycles. The summed E-state index contributed by atoms with van der Waals surface area (Å²) in [5.74, 6) is -2.63. The van der Waals surface area contributed by atoms with Crippen molar-refractivity contribution in [1.29, 1.82) is 5.41 Å². The van der Waals surface area contributed by atoms with Crippen LogP contribution in [-0.2, 0) is 9.59 Å². The number of carboxylic acids is 1. The predicted molar refractivity (Wildman–Crippen MR) is 80.2 cm³/mol. The zero-order valence-electron chi connectivity index (χ0n) is 15.2. The SMILES string of the molecule is [2H]C([2H])([2H])N(CC(=O)O)C(=N)NC(=O)CCCCCCCCCO. The van der Waals surface area contributed by atoms with Crippen molar-refractivity contribution in [2.45, 2.75) is 51.4 Å². The highest BCUT2D eigenvalue weighted by molar-refractivity contribution is 5.96. The Bertz CT molecular complexity index is 417. The van der Waals surface area contributed by atoms with E-state index in [-0.39, 0.29) is 13.0 Å². The first-order valence-corrected chi connectivity index (χ1v) is 7.17. The van der Waals surface area contributed by atoms with Gasteiger partial charge in [-0.1, -0.05) is 32.1 Å². The van der Waals surface area contributed by atoms with Crippen LogP contribution in [0.15, 0.2) is 0 Å². The first-order chi connectivity index (χ1) is 11.2. The Balaban J connectivity index is 4.03. The Morgan fingerprint density at radius 2 is 1.71 bits per heavy atom. The molecule has 0 rings (SSSR count). The highest BCUT2D eigenvalue weighted by atomic mass is 16.4. The number of carbonyl (C=O) groups is 2. The number of hydrogen-bond donors (Lipinski definition) is 4. The van der Waals surface area contributed by atoms with Gasteiger partial charge < -0.3 is 15.1 Å². The number of unbranched alkanes of at least 4 members (excludes halogenated alkanes) is 6. The van der Waals surface area contributed by atoms with E-state index >= 15 is 0 Å². The number of aliphatic hydroxyl groups excluding tert-OH is 1. The molecule has 0 aromatic carbocycles. The number of carbonyl (C=O) groups excluding carboxylic acids is 1. The van der Waals surface area contributed by atoms with Gasteiger partial charge in [0.25, 0.3) is 0 Å².